The first-order valence-corrected chi connectivity index (χ1v) is 7.04. The molecule has 1 heterocycles. The molecule has 5 heteroatoms. The van der Waals surface area contributed by atoms with Crippen molar-refractivity contribution in [2.75, 3.05) is 5.32 Å². The van der Waals surface area contributed by atoms with Crippen LogP contribution < -0.4 is 11.1 Å². The van der Waals surface area contributed by atoms with Gasteiger partial charge < -0.3 is 11.1 Å². The van der Waals surface area contributed by atoms with Gasteiger partial charge in [-0.05, 0) is 36.8 Å². The van der Waals surface area contributed by atoms with Gasteiger partial charge in [-0.25, -0.2) is 4.98 Å². The predicted octanol–water partition coefficient (Wildman–Crippen LogP) is 3.65. The third-order valence-corrected chi connectivity index (χ3v) is 3.54. The van der Waals surface area contributed by atoms with Crippen molar-refractivity contribution in [1.82, 2.24) is 4.98 Å². The molecule has 0 fully saturated rings. The Morgan fingerprint density at radius 1 is 1.32 bits per heavy atom. The molecule has 3 N–H and O–H groups in total. The number of benzene rings is 1. The average molecular weight is 336 g/mol. The molecule has 1 unspecified atom stereocenters. The Bertz CT molecular complexity index is 583. The maximum atomic E-state index is 5.61. The fourth-order valence-corrected chi connectivity index (χ4v) is 2.11. The van der Waals surface area contributed by atoms with Crippen molar-refractivity contribution in [3.63, 3.8) is 0 Å². The monoisotopic (exact) mass is 335 g/mol. The lowest BCUT2D eigenvalue weighted by molar-refractivity contribution is 0.874. The summed E-state index contributed by atoms with van der Waals surface area (Å²) >= 11 is 8.39. The van der Waals surface area contributed by atoms with Crippen LogP contribution in [-0.4, -0.2) is 9.97 Å². The molecule has 1 aromatic heterocycles. The highest BCUT2D eigenvalue weighted by molar-refractivity contribution is 9.10. The van der Waals surface area contributed by atoms with E-state index in [1.54, 1.807) is 12.3 Å². The van der Waals surface area contributed by atoms with Crippen LogP contribution in [0.2, 0.25) is 0 Å². The maximum Gasteiger partial charge on any atom is 0.127 e. The molecule has 0 amide bonds. The molecule has 0 aliphatic carbocycles. The van der Waals surface area contributed by atoms with E-state index < -0.39 is 0 Å². The molecule has 0 saturated heterocycles. The number of hydrogen-bond acceptors (Lipinski definition) is 3. The molecule has 1 atom stereocenters. The number of nitrogens with zero attached hydrogens (tertiary/aromatic N) is 1. The van der Waals surface area contributed by atoms with Crippen LogP contribution in [0.5, 0.6) is 0 Å². The quantitative estimate of drug-likeness (QED) is 0.837. The molecular weight excluding hydrogens is 322 g/mol. The van der Waals surface area contributed by atoms with E-state index in [0.717, 1.165) is 15.9 Å². The van der Waals surface area contributed by atoms with Gasteiger partial charge in [0.2, 0.25) is 0 Å². The van der Waals surface area contributed by atoms with Crippen molar-refractivity contribution >= 4 is 39.0 Å². The van der Waals surface area contributed by atoms with Gasteiger partial charge in [0.05, 0.1) is 0 Å². The summed E-state index contributed by atoms with van der Waals surface area (Å²) in [5.74, 6) is 0.765. The summed E-state index contributed by atoms with van der Waals surface area (Å²) in [6, 6.07) is 12.0. The smallest absolute Gasteiger partial charge is 0.127 e. The van der Waals surface area contributed by atoms with Crippen LogP contribution >= 0.6 is 28.1 Å². The van der Waals surface area contributed by atoms with Gasteiger partial charge in [-0.1, -0.05) is 40.3 Å². The first-order chi connectivity index (χ1) is 9.06. The number of nitrogens with two attached hydrogens (primary N) is 1. The SMILES string of the molecule is CC(Nc1cc(C(N)=S)ccn1)c1ccc(Br)cc1. The number of thiocarbonyl (C=S) groups is 1. The van der Waals surface area contributed by atoms with Gasteiger partial charge in [0.25, 0.3) is 0 Å². The van der Waals surface area contributed by atoms with E-state index in [2.05, 4.69) is 45.3 Å². The number of aromatic nitrogens is 1. The number of rotatable bonds is 4. The van der Waals surface area contributed by atoms with Crippen LogP contribution in [0.4, 0.5) is 5.82 Å². The highest BCUT2D eigenvalue weighted by Gasteiger charge is 2.07. The molecular formula is C14H14BrN3S. The number of pyridine rings is 1. The maximum absolute atomic E-state index is 5.61. The van der Waals surface area contributed by atoms with Gasteiger partial charge in [-0.3, -0.25) is 0 Å². The summed E-state index contributed by atoms with van der Waals surface area (Å²) in [5, 5.41) is 3.33. The third kappa shape index (κ3) is 3.75. The van der Waals surface area contributed by atoms with Gasteiger partial charge in [-0.2, -0.15) is 0 Å². The van der Waals surface area contributed by atoms with E-state index in [9.17, 15) is 0 Å². The van der Waals surface area contributed by atoms with Crippen molar-refractivity contribution in [3.8, 4) is 0 Å². The zero-order valence-corrected chi connectivity index (χ0v) is 12.8. The molecule has 19 heavy (non-hydrogen) atoms. The number of halogens is 1. The van der Waals surface area contributed by atoms with Crippen molar-refractivity contribution in [3.05, 3.63) is 58.2 Å². The van der Waals surface area contributed by atoms with E-state index in [1.165, 1.54) is 5.56 Å². The zero-order chi connectivity index (χ0) is 13.8. The van der Waals surface area contributed by atoms with Crippen molar-refractivity contribution in [2.24, 2.45) is 5.73 Å². The average Bonchev–Trinajstić information content (AvgIpc) is 2.39. The fraction of sp³-hybridized carbons (Fsp3) is 0.143. The first-order valence-electron chi connectivity index (χ1n) is 5.84. The van der Waals surface area contributed by atoms with E-state index in [0.29, 0.717) is 4.99 Å². The normalized spacial score (nSPS) is 11.9. The Balaban J connectivity index is 2.14. The van der Waals surface area contributed by atoms with E-state index in [1.807, 2.05) is 18.2 Å². The lowest BCUT2D eigenvalue weighted by Crippen LogP contribution is -2.12. The largest absolute Gasteiger partial charge is 0.389 e. The van der Waals surface area contributed by atoms with Crippen LogP contribution in [0.15, 0.2) is 47.1 Å². The highest BCUT2D eigenvalue weighted by Crippen LogP contribution is 2.20. The molecule has 0 saturated carbocycles. The van der Waals surface area contributed by atoms with Gasteiger partial charge in [-0.15, -0.1) is 0 Å². The Labute approximate surface area is 126 Å². The van der Waals surface area contributed by atoms with Gasteiger partial charge >= 0.3 is 0 Å². The van der Waals surface area contributed by atoms with Crippen LogP contribution in [0, 0.1) is 0 Å². The molecule has 0 spiro atoms. The van der Waals surface area contributed by atoms with Crippen molar-refractivity contribution in [1.29, 1.82) is 0 Å². The molecule has 0 bridgehead atoms. The van der Waals surface area contributed by atoms with E-state index in [4.69, 9.17) is 18.0 Å². The second-order valence-corrected chi connectivity index (χ2v) is 5.57. The summed E-state index contributed by atoms with van der Waals surface area (Å²) in [7, 11) is 0. The summed E-state index contributed by atoms with van der Waals surface area (Å²) in [4.78, 5) is 4.65. The molecule has 3 nitrogen and oxygen atoms in total. The Morgan fingerprint density at radius 3 is 2.63 bits per heavy atom. The van der Waals surface area contributed by atoms with Gasteiger partial charge in [0.1, 0.15) is 10.8 Å². The Kier molecular flexibility index (Phi) is 4.50. The summed E-state index contributed by atoms with van der Waals surface area (Å²) in [6.45, 7) is 2.08. The minimum Gasteiger partial charge on any atom is -0.389 e. The summed E-state index contributed by atoms with van der Waals surface area (Å²) < 4.78 is 1.07. The summed E-state index contributed by atoms with van der Waals surface area (Å²) in [6.07, 6.45) is 1.70. The molecule has 2 aromatic rings. The van der Waals surface area contributed by atoms with Crippen LogP contribution in [-0.2, 0) is 0 Å². The zero-order valence-electron chi connectivity index (χ0n) is 10.4. The second-order valence-electron chi connectivity index (χ2n) is 4.21. The lowest BCUT2D eigenvalue weighted by Gasteiger charge is -2.15. The van der Waals surface area contributed by atoms with Crippen LogP contribution in [0.25, 0.3) is 0 Å². The number of nitrogens with one attached hydrogen (secondary N) is 1. The minimum absolute atomic E-state index is 0.155. The summed E-state index contributed by atoms with van der Waals surface area (Å²) in [5.41, 5.74) is 7.61. The topological polar surface area (TPSA) is 50.9 Å². The Hall–Kier alpha value is -1.46. The number of hydrogen-bond donors (Lipinski definition) is 2. The minimum atomic E-state index is 0.155. The second kappa shape index (κ2) is 6.12. The van der Waals surface area contributed by atoms with Crippen LogP contribution in [0.1, 0.15) is 24.1 Å². The molecule has 0 aliphatic heterocycles. The van der Waals surface area contributed by atoms with Crippen molar-refractivity contribution in [2.45, 2.75) is 13.0 Å². The molecule has 0 radical (unpaired) electrons. The molecule has 98 valence electrons. The predicted molar refractivity (Wildman–Crippen MR) is 86.3 cm³/mol. The van der Waals surface area contributed by atoms with E-state index in [-0.39, 0.29) is 6.04 Å². The van der Waals surface area contributed by atoms with Crippen LogP contribution in [0.3, 0.4) is 0 Å². The van der Waals surface area contributed by atoms with Gasteiger partial charge in [0.15, 0.2) is 0 Å². The third-order valence-electron chi connectivity index (χ3n) is 2.78. The molecule has 0 aliphatic rings. The Morgan fingerprint density at radius 2 is 2.00 bits per heavy atom. The highest BCUT2D eigenvalue weighted by atomic mass is 79.9. The van der Waals surface area contributed by atoms with Crippen molar-refractivity contribution < 1.29 is 0 Å². The van der Waals surface area contributed by atoms with E-state index >= 15 is 0 Å². The number of anilines is 1. The molecule has 2 rings (SSSR count). The lowest BCUT2D eigenvalue weighted by atomic mass is 10.1. The van der Waals surface area contributed by atoms with Gasteiger partial charge in [0, 0.05) is 22.3 Å². The standard InChI is InChI=1S/C14H14BrN3S/c1-9(10-2-4-12(15)5-3-10)18-13-8-11(14(16)19)6-7-17-13/h2-9H,1H3,(H2,16,19)(H,17,18). The molecule has 1 aromatic carbocycles. The fourth-order valence-electron chi connectivity index (χ4n) is 1.72. The first kappa shape index (κ1) is 14.0.